The molecule has 16 heavy (non-hydrogen) atoms. The van der Waals surface area contributed by atoms with Crippen LogP contribution in [0.3, 0.4) is 0 Å². The van der Waals surface area contributed by atoms with E-state index in [9.17, 15) is 0 Å². The van der Waals surface area contributed by atoms with Gasteiger partial charge >= 0.3 is 0 Å². The lowest BCUT2D eigenvalue weighted by atomic mass is 9.85. The first-order valence-corrected chi connectivity index (χ1v) is 6.23. The van der Waals surface area contributed by atoms with Crippen molar-refractivity contribution in [3.8, 4) is 0 Å². The molecule has 0 aromatic carbocycles. The highest BCUT2D eigenvalue weighted by molar-refractivity contribution is 4.95. The van der Waals surface area contributed by atoms with Crippen LogP contribution in [-0.4, -0.2) is 42.5 Å². The van der Waals surface area contributed by atoms with E-state index in [0.29, 0.717) is 6.54 Å². The number of ether oxygens (including phenoxy) is 1. The maximum absolute atomic E-state index is 9.15. The third-order valence-electron chi connectivity index (χ3n) is 3.73. The summed E-state index contributed by atoms with van der Waals surface area (Å²) < 4.78 is 5.56. The number of hydrogen-bond acceptors (Lipinski definition) is 4. The molecule has 0 bridgehead atoms. The Labute approximate surface area is 98.5 Å². The van der Waals surface area contributed by atoms with Gasteiger partial charge in [0.25, 0.3) is 0 Å². The van der Waals surface area contributed by atoms with Crippen molar-refractivity contribution in [2.45, 2.75) is 51.3 Å². The van der Waals surface area contributed by atoms with E-state index in [1.165, 1.54) is 0 Å². The summed E-state index contributed by atoms with van der Waals surface area (Å²) >= 11 is 0. The van der Waals surface area contributed by atoms with Crippen molar-refractivity contribution in [1.29, 1.82) is 0 Å². The molecule has 1 saturated heterocycles. The van der Waals surface area contributed by atoms with Gasteiger partial charge in [-0.05, 0) is 32.6 Å². The van der Waals surface area contributed by atoms with Crippen molar-refractivity contribution in [3.63, 3.8) is 0 Å². The van der Waals surface area contributed by atoms with E-state index in [2.05, 4.69) is 19.2 Å². The molecule has 1 fully saturated rings. The van der Waals surface area contributed by atoms with Crippen LogP contribution in [0.15, 0.2) is 0 Å². The van der Waals surface area contributed by atoms with Gasteiger partial charge in [0.1, 0.15) is 0 Å². The molecule has 96 valence electrons. The van der Waals surface area contributed by atoms with Crippen molar-refractivity contribution in [2.75, 3.05) is 19.8 Å². The van der Waals surface area contributed by atoms with Crippen molar-refractivity contribution in [2.24, 2.45) is 11.7 Å². The number of rotatable bonds is 5. The zero-order valence-electron chi connectivity index (χ0n) is 10.7. The predicted octanol–water partition coefficient (Wildman–Crippen LogP) is 0.489. The van der Waals surface area contributed by atoms with Crippen molar-refractivity contribution < 1.29 is 9.84 Å². The van der Waals surface area contributed by atoms with Crippen LogP contribution in [0.4, 0.5) is 0 Å². The summed E-state index contributed by atoms with van der Waals surface area (Å²) in [5.74, 6) is 0.251. The third kappa shape index (κ3) is 3.42. The van der Waals surface area contributed by atoms with E-state index in [1.807, 2.05) is 6.92 Å². The first-order valence-electron chi connectivity index (χ1n) is 6.23. The largest absolute Gasteiger partial charge is 0.396 e. The smallest absolute Gasteiger partial charge is 0.0565 e. The first kappa shape index (κ1) is 13.9. The Morgan fingerprint density at radius 3 is 2.75 bits per heavy atom. The monoisotopic (exact) mass is 230 g/mol. The standard InChI is InChI=1S/C12H26N2O2/c1-9(7-15)11(3)14-12(8-13)4-5-16-10(2)6-12/h9-11,14-15H,4-8,13H2,1-3H3. The summed E-state index contributed by atoms with van der Waals surface area (Å²) in [5, 5.41) is 12.7. The summed E-state index contributed by atoms with van der Waals surface area (Å²) in [5.41, 5.74) is 5.90. The van der Waals surface area contributed by atoms with Gasteiger partial charge in [0.15, 0.2) is 0 Å². The molecule has 0 radical (unpaired) electrons. The quantitative estimate of drug-likeness (QED) is 0.643. The summed E-state index contributed by atoms with van der Waals surface area (Å²) in [7, 11) is 0. The molecule has 1 aliphatic heterocycles. The molecule has 4 heteroatoms. The van der Waals surface area contributed by atoms with Crippen molar-refractivity contribution in [3.05, 3.63) is 0 Å². The normalized spacial score (nSPS) is 34.7. The molecule has 0 spiro atoms. The number of aliphatic hydroxyl groups is 1. The van der Waals surface area contributed by atoms with Crippen LogP contribution in [-0.2, 0) is 4.74 Å². The molecule has 1 rings (SSSR count). The second-order valence-electron chi connectivity index (χ2n) is 5.21. The molecular formula is C12H26N2O2. The lowest BCUT2D eigenvalue weighted by Crippen LogP contribution is -2.60. The van der Waals surface area contributed by atoms with E-state index < -0.39 is 0 Å². The molecule has 0 aromatic heterocycles. The van der Waals surface area contributed by atoms with Crippen LogP contribution in [0.2, 0.25) is 0 Å². The van der Waals surface area contributed by atoms with E-state index in [4.69, 9.17) is 15.6 Å². The molecule has 4 N–H and O–H groups in total. The minimum absolute atomic E-state index is 0.0134. The van der Waals surface area contributed by atoms with E-state index in [1.54, 1.807) is 0 Å². The maximum atomic E-state index is 9.15. The molecule has 4 nitrogen and oxygen atoms in total. The average Bonchev–Trinajstić information content (AvgIpc) is 2.27. The third-order valence-corrected chi connectivity index (χ3v) is 3.73. The summed E-state index contributed by atoms with van der Waals surface area (Å²) in [6.07, 6.45) is 2.17. The van der Waals surface area contributed by atoms with Gasteiger partial charge in [-0.15, -0.1) is 0 Å². The molecule has 4 atom stereocenters. The summed E-state index contributed by atoms with van der Waals surface area (Å²) in [4.78, 5) is 0. The van der Waals surface area contributed by atoms with Crippen molar-refractivity contribution >= 4 is 0 Å². The van der Waals surface area contributed by atoms with Gasteiger partial charge in [0, 0.05) is 31.3 Å². The molecule has 0 amide bonds. The molecule has 0 aromatic rings. The zero-order valence-corrected chi connectivity index (χ0v) is 10.7. The Morgan fingerprint density at radius 2 is 2.25 bits per heavy atom. The lowest BCUT2D eigenvalue weighted by Gasteiger charge is -2.43. The Morgan fingerprint density at radius 1 is 1.56 bits per heavy atom. The number of aliphatic hydroxyl groups excluding tert-OH is 1. The second kappa shape index (κ2) is 5.96. The number of hydrogen-bond donors (Lipinski definition) is 3. The van der Waals surface area contributed by atoms with Crippen LogP contribution in [0.25, 0.3) is 0 Å². The van der Waals surface area contributed by atoms with Gasteiger partial charge in [-0.25, -0.2) is 0 Å². The Hall–Kier alpha value is -0.160. The van der Waals surface area contributed by atoms with Gasteiger partial charge in [-0.2, -0.15) is 0 Å². The van der Waals surface area contributed by atoms with Gasteiger partial charge in [0.05, 0.1) is 6.10 Å². The fraction of sp³-hybridized carbons (Fsp3) is 1.00. The predicted molar refractivity (Wildman–Crippen MR) is 65.3 cm³/mol. The van der Waals surface area contributed by atoms with E-state index >= 15 is 0 Å². The topological polar surface area (TPSA) is 67.5 Å². The van der Waals surface area contributed by atoms with Crippen LogP contribution in [0.5, 0.6) is 0 Å². The molecular weight excluding hydrogens is 204 g/mol. The Bertz CT molecular complexity index is 213. The lowest BCUT2D eigenvalue weighted by molar-refractivity contribution is -0.0216. The van der Waals surface area contributed by atoms with Crippen LogP contribution >= 0.6 is 0 Å². The fourth-order valence-corrected chi connectivity index (χ4v) is 2.33. The Balaban J connectivity index is 2.58. The molecule has 1 heterocycles. The van der Waals surface area contributed by atoms with Crippen LogP contribution < -0.4 is 11.1 Å². The van der Waals surface area contributed by atoms with E-state index in [0.717, 1.165) is 19.4 Å². The highest BCUT2D eigenvalue weighted by atomic mass is 16.5. The minimum atomic E-state index is -0.0134. The summed E-state index contributed by atoms with van der Waals surface area (Å²) in [6.45, 7) is 7.85. The number of nitrogens with one attached hydrogen (secondary N) is 1. The number of nitrogens with two attached hydrogens (primary N) is 1. The van der Waals surface area contributed by atoms with Crippen LogP contribution in [0, 0.1) is 5.92 Å². The highest BCUT2D eigenvalue weighted by Crippen LogP contribution is 2.25. The zero-order chi connectivity index (χ0) is 12.2. The highest BCUT2D eigenvalue weighted by Gasteiger charge is 2.35. The maximum Gasteiger partial charge on any atom is 0.0565 e. The van der Waals surface area contributed by atoms with Gasteiger partial charge in [0.2, 0.25) is 0 Å². The van der Waals surface area contributed by atoms with Gasteiger partial charge in [-0.3, -0.25) is 0 Å². The van der Waals surface area contributed by atoms with Crippen molar-refractivity contribution in [1.82, 2.24) is 5.32 Å². The molecule has 4 unspecified atom stereocenters. The summed E-state index contributed by atoms with van der Waals surface area (Å²) in [6, 6.07) is 0.277. The second-order valence-corrected chi connectivity index (χ2v) is 5.21. The molecule has 0 aliphatic carbocycles. The minimum Gasteiger partial charge on any atom is -0.396 e. The van der Waals surface area contributed by atoms with Crippen LogP contribution in [0.1, 0.15) is 33.6 Å². The van der Waals surface area contributed by atoms with Gasteiger partial charge in [-0.1, -0.05) is 6.92 Å². The van der Waals surface area contributed by atoms with Gasteiger partial charge < -0.3 is 20.9 Å². The SMILES string of the molecule is CC1CC(CN)(NC(C)C(C)CO)CCO1. The average molecular weight is 230 g/mol. The first-order chi connectivity index (χ1) is 7.53. The molecule has 0 saturated carbocycles. The van der Waals surface area contributed by atoms with E-state index in [-0.39, 0.29) is 30.2 Å². The molecule has 1 aliphatic rings. The Kier molecular flexibility index (Phi) is 5.18. The fourth-order valence-electron chi connectivity index (χ4n) is 2.33.